The monoisotopic (exact) mass is 340 g/mol. The molecule has 25 heavy (non-hydrogen) atoms. The average Bonchev–Trinajstić information content (AvgIpc) is 2.70. The smallest absolute Gasteiger partial charge is 0.0616 e. The lowest BCUT2D eigenvalue weighted by Gasteiger charge is -2.32. The summed E-state index contributed by atoms with van der Waals surface area (Å²) in [5.41, 5.74) is 5.15. The molecule has 1 heteroatoms. The van der Waals surface area contributed by atoms with Crippen molar-refractivity contribution in [3.8, 4) is 0 Å². The molecule has 1 atom stereocenters. The van der Waals surface area contributed by atoms with E-state index in [1.165, 1.54) is 27.2 Å². The molecule has 0 radical (unpaired) electrons. The molecule has 3 aromatic carbocycles. The summed E-state index contributed by atoms with van der Waals surface area (Å²) in [6, 6.07) is 32.1. The Morgan fingerprint density at radius 1 is 0.640 bits per heavy atom. The molecule has 122 valence electrons. The van der Waals surface area contributed by atoms with Gasteiger partial charge in [-0.1, -0.05) is 97.1 Å². The molecule has 1 heterocycles. The molecular weight excluding hydrogens is 320 g/mol. The molecule has 3 aromatic rings. The van der Waals surface area contributed by atoms with Gasteiger partial charge >= 0.3 is 0 Å². The minimum atomic E-state index is -0.0909. The number of allylic oxidation sites excluding steroid dienone is 2. The fourth-order valence-electron chi connectivity index (χ4n) is 3.22. The Morgan fingerprint density at radius 3 is 1.76 bits per heavy atom. The molecule has 0 saturated carbocycles. The number of hydrogen-bond acceptors (Lipinski definition) is 1. The Hall–Kier alpha value is -2.51. The number of benzene rings is 3. The number of hydrogen-bond donors (Lipinski definition) is 0. The first kappa shape index (κ1) is 16.0. The van der Waals surface area contributed by atoms with Crippen LogP contribution in [0.1, 0.15) is 23.6 Å². The van der Waals surface area contributed by atoms with Gasteiger partial charge in [-0.3, -0.25) is 0 Å². The van der Waals surface area contributed by atoms with E-state index < -0.39 is 0 Å². The van der Waals surface area contributed by atoms with Gasteiger partial charge in [-0.15, -0.1) is 11.8 Å². The van der Waals surface area contributed by atoms with E-state index in [1.54, 1.807) is 0 Å². The normalized spacial score (nSPS) is 19.9. The van der Waals surface area contributed by atoms with Crippen molar-refractivity contribution in [1.29, 1.82) is 0 Å². The lowest BCUT2D eigenvalue weighted by molar-refractivity contribution is 0.885. The molecule has 1 aliphatic heterocycles. The fraction of sp³-hybridized carbons (Fsp3) is 0.0833. The van der Waals surface area contributed by atoms with Gasteiger partial charge in [-0.25, -0.2) is 0 Å². The largest absolute Gasteiger partial charge is 0.110 e. The van der Waals surface area contributed by atoms with Crippen molar-refractivity contribution < 1.29 is 0 Å². The third-order valence-electron chi connectivity index (χ3n) is 4.55. The van der Waals surface area contributed by atoms with E-state index in [-0.39, 0.29) is 4.75 Å². The van der Waals surface area contributed by atoms with Gasteiger partial charge in [-0.05, 0) is 35.3 Å². The molecule has 0 amide bonds. The first-order valence-corrected chi connectivity index (χ1v) is 9.36. The van der Waals surface area contributed by atoms with E-state index >= 15 is 0 Å². The Bertz CT molecular complexity index is 908. The van der Waals surface area contributed by atoms with Crippen LogP contribution in [0.2, 0.25) is 0 Å². The van der Waals surface area contributed by atoms with Crippen molar-refractivity contribution in [1.82, 2.24) is 0 Å². The summed E-state index contributed by atoms with van der Waals surface area (Å²) in [6.07, 6.45) is 4.72. The van der Waals surface area contributed by atoms with Gasteiger partial charge in [0.1, 0.15) is 0 Å². The zero-order valence-electron chi connectivity index (χ0n) is 14.2. The summed E-state index contributed by atoms with van der Waals surface area (Å²) in [5.74, 6) is 0. The second-order valence-corrected chi connectivity index (χ2v) is 7.91. The molecule has 0 spiro atoms. The van der Waals surface area contributed by atoms with Crippen LogP contribution in [0, 0.1) is 0 Å². The second-order valence-electron chi connectivity index (χ2n) is 6.42. The van der Waals surface area contributed by atoms with Crippen molar-refractivity contribution in [3.63, 3.8) is 0 Å². The molecule has 0 nitrogen and oxygen atoms in total. The van der Waals surface area contributed by atoms with Gasteiger partial charge in [-0.2, -0.15) is 0 Å². The maximum absolute atomic E-state index is 2.40. The predicted molar refractivity (Wildman–Crippen MR) is 110 cm³/mol. The highest BCUT2D eigenvalue weighted by Crippen LogP contribution is 2.51. The zero-order chi connectivity index (χ0) is 17.1. The molecule has 1 aliphatic rings. The molecule has 0 aromatic heterocycles. The van der Waals surface area contributed by atoms with E-state index in [9.17, 15) is 0 Å². The number of rotatable bonds is 3. The van der Waals surface area contributed by atoms with Crippen LogP contribution < -0.4 is 0 Å². The van der Waals surface area contributed by atoms with E-state index in [0.29, 0.717) is 0 Å². The van der Waals surface area contributed by atoms with Crippen LogP contribution in [0.25, 0.3) is 10.5 Å². The molecule has 0 saturated heterocycles. The maximum atomic E-state index is 2.40. The van der Waals surface area contributed by atoms with Gasteiger partial charge in [0.05, 0.1) is 4.75 Å². The van der Waals surface area contributed by atoms with E-state index in [2.05, 4.69) is 110 Å². The summed E-state index contributed by atoms with van der Waals surface area (Å²) in [4.78, 5) is 1.31. The van der Waals surface area contributed by atoms with Crippen molar-refractivity contribution >= 4 is 22.2 Å². The Morgan fingerprint density at radius 2 is 1.16 bits per heavy atom. The summed E-state index contributed by atoms with van der Waals surface area (Å²) in [6.45, 7) is 2.31. The first-order valence-electron chi connectivity index (χ1n) is 8.54. The number of thioether (sulfide) groups is 1. The molecule has 0 bridgehead atoms. The zero-order valence-corrected chi connectivity index (χ0v) is 15.0. The van der Waals surface area contributed by atoms with Gasteiger partial charge in [0, 0.05) is 4.91 Å². The quantitative estimate of drug-likeness (QED) is 0.507. The van der Waals surface area contributed by atoms with Crippen LogP contribution in [0.4, 0.5) is 0 Å². The highest BCUT2D eigenvalue weighted by molar-refractivity contribution is 8.09. The van der Waals surface area contributed by atoms with Crippen LogP contribution in [0.3, 0.4) is 0 Å². The minimum absolute atomic E-state index is 0.0909. The highest BCUT2D eigenvalue weighted by Gasteiger charge is 2.30. The molecule has 1 unspecified atom stereocenters. The molecule has 4 rings (SSSR count). The van der Waals surface area contributed by atoms with Gasteiger partial charge in [0.25, 0.3) is 0 Å². The van der Waals surface area contributed by atoms with Crippen LogP contribution in [0.15, 0.2) is 103 Å². The predicted octanol–water partition coefficient (Wildman–Crippen LogP) is 6.77. The summed E-state index contributed by atoms with van der Waals surface area (Å²) >= 11 is 1.92. The van der Waals surface area contributed by atoms with Crippen molar-refractivity contribution in [2.75, 3.05) is 0 Å². The maximum Gasteiger partial charge on any atom is 0.0616 e. The van der Waals surface area contributed by atoms with Crippen LogP contribution in [0.5, 0.6) is 0 Å². The lowest BCUT2D eigenvalue weighted by Crippen LogP contribution is -2.17. The van der Waals surface area contributed by atoms with Crippen molar-refractivity contribution in [2.24, 2.45) is 0 Å². The Labute approximate surface area is 153 Å². The van der Waals surface area contributed by atoms with Crippen LogP contribution in [-0.2, 0) is 4.75 Å². The Balaban J connectivity index is 1.85. The summed E-state index contributed by atoms with van der Waals surface area (Å²) < 4.78 is -0.0909. The first-order chi connectivity index (χ1) is 12.2. The average molecular weight is 340 g/mol. The lowest BCUT2D eigenvalue weighted by atomic mass is 9.93. The van der Waals surface area contributed by atoms with E-state index in [0.717, 1.165) is 0 Å². The van der Waals surface area contributed by atoms with E-state index in [4.69, 9.17) is 0 Å². The Kier molecular flexibility index (Phi) is 4.33. The van der Waals surface area contributed by atoms with Gasteiger partial charge < -0.3 is 0 Å². The standard InChI is InChI=1S/C24H20S/c1-24(22-15-9-4-10-16-22)18-21(19-11-5-2-6-12-19)17-23(25-24)20-13-7-3-8-14-20/h2-18H,1H3. The topological polar surface area (TPSA) is 0 Å². The van der Waals surface area contributed by atoms with Crippen molar-refractivity contribution in [2.45, 2.75) is 11.7 Å². The third-order valence-corrected chi connectivity index (χ3v) is 5.90. The van der Waals surface area contributed by atoms with Crippen LogP contribution >= 0.6 is 11.8 Å². The van der Waals surface area contributed by atoms with Gasteiger partial charge in [0.15, 0.2) is 0 Å². The third kappa shape index (κ3) is 3.33. The summed E-state index contributed by atoms with van der Waals surface area (Å²) in [7, 11) is 0. The second kappa shape index (κ2) is 6.78. The summed E-state index contributed by atoms with van der Waals surface area (Å²) in [5, 5.41) is 0. The minimum Gasteiger partial charge on any atom is -0.110 e. The molecular formula is C24H20S. The van der Waals surface area contributed by atoms with Crippen LogP contribution in [-0.4, -0.2) is 0 Å². The van der Waals surface area contributed by atoms with Crippen molar-refractivity contribution in [3.05, 3.63) is 120 Å². The molecule has 0 aliphatic carbocycles. The highest BCUT2D eigenvalue weighted by atomic mass is 32.2. The SMILES string of the molecule is CC1(c2ccccc2)C=C(c2ccccc2)C=C(c2ccccc2)S1. The molecule has 0 N–H and O–H groups in total. The fourth-order valence-corrected chi connectivity index (χ4v) is 4.56. The van der Waals surface area contributed by atoms with Gasteiger partial charge in [0.2, 0.25) is 0 Å². The van der Waals surface area contributed by atoms with E-state index in [1.807, 2.05) is 11.8 Å². The molecule has 0 fully saturated rings.